The second-order valence-corrected chi connectivity index (χ2v) is 8.75. The van der Waals surface area contributed by atoms with Crippen LogP contribution in [0.25, 0.3) is 11.3 Å². The maximum atomic E-state index is 12.4. The van der Waals surface area contributed by atoms with Crippen LogP contribution in [0.4, 0.5) is 10.5 Å². The molecule has 1 amide bonds. The highest BCUT2D eigenvalue weighted by molar-refractivity contribution is 5.75. The molecule has 0 saturated carbocycles. The molecule has 0 unspecified atom stereocenters. The molecule has 0 atom stereocenters. The van der Waals surface area contributed by atoms with Gasteiger partial charge in [0.2, 0.25) is 0 Å². The zero-order valence-corrected chi connectivity index (χ0v) is 18.3. The van der Waals surface area contributed by atoms with Gasteiger partial charge in [-0.1, -0.05) is 30.3 Å². The summed E-state index contributed by atoms with van der Waals surface area (Å²) in [6.07, 6.45) is 1.90. The van der Waals surface area contributed by atoms with Gasteiger partial charge >= 0.3 is 6.09 Å². The van der Waals surface area contributed by atoms with Crippen molar-refractivity contribution in [1.82, 2.24) is 19.6 Å². The number of hydrogen-bond donors (Lipinski definition) is 0. The summed E-state index contributed by atoms with van der Waals surface area (Å²) in [4.78, 5) is 18.6. The molecule has 3 rings (SSSR count). The third-order valence-electron chi connectivity index (χ3n) is 4.84. The number of nitrogens with zero attached hydrogens (tertiary/aromatic N) is 5. The number of rotatable bonds is 5. The highest BCUT2D eigenvalue weighted by atomic mass is 16.6. The monoisotopic (exact) mass is 399 g/mol. The van der Waals surface area contributed by atoms with Crippen LogP contribution < -0.4 is 4.90 Å². The molecule has 1 aromatic carbocycles. The number of aromatic nitrogens is 2. The van der Waals surface area contributed by atoms with E-state index in [4.69, 9.17) is 9.84 Å². The van der Waals surface area contributed by atoms with Gasteiger partial charge in [-0.05, 0) is 34.9 Å². The second kappa shape index (κ2) is 8.86. The van der Waals surface area contributed by atoms with Gasteiger partial charge in [0.05, 0.1) is 12.2 Å². The molecule has 1 aromatic heterocycles. The summed E-state index contributed by atoms with van der Waals surface area (Å²) >= 11 is 0. The molecule has 0 radical (unpaired) electrons. The Balaban J connectivity index is 1.75. The van der Waals surface area contributed by atoms with Gasteiger partial charge in [-0.2, -0.15) is 5.10 Å². The number of benzene rings is 1. The number of ether oxygens (including phenoxy) is 1. The van der Waals surface area contributed by atoms with Gasteiger partial charge in [-0.25, -0.2) is 4.79 Å². The van der Waals surface area contributed by atoms with Gasteiger partial charge in [0.1, 0.15) is 11.3 Å². The average Bonchev–Trinajstić information content (AvgIpc) is 3.10. The summed E-state index contributed by atoms with van der Waals surface area (Å²) in [5.41, 5.74) is 2.76. The summed E-state index contributed by atoms with van der Waals surface area (Å²) in [5, 5.41) is 4.87. The van der Waals surface area contributed by atoms with Gasteiger partial charge < -0.3 is 19.4 Å². The fourth-order valence-electron chi connectivity index (χ4n) is 3.32. The molecule has 29 heavy (non-hydrogen) atoms. The zero-order chi connectivity index (χ0) is 21.0. The molecule has 1 aliphatic rings. The molecule has 2 heterocycles. The van der Waals surface area contributed by atoms with Gasteiger partial charge in [-0.15, -0.1) is 0 Å². The number of amides is 1. The van der Waals surface area contributed by atoms with E-state index in [-0.39, 0.29) is 6.09 Å². The first-order valence-corrected chi connectivity index (χ1v) is 10.2. The van der Waals surface area contributed by atoms with E-state index in [1.807, 2.05) is 43.7 Å². The molecule has 1 aliphatic heterocycles. The fourth-order valence-corrected chi connectivity index (χ4v) is 3.32. The van der Waals surface area contributed by atoms with E-state index in [2.05, 4.69) is 42.2 Å². The molecule has 1 saturated heterocycles. The van der Waals surface area contributed by atoms with Crippen LogP contribution in [0.3, 0.4) is 0 Å². The van der Waals surface area contributed by atoms with Crippen LogP contribution in [0.1, 0.15) is 20.8 Å². The summed E-state index contributed by atoms with van der Waals surface area (Å²) in [6.45, 7) is 10.3. The molecule has 158 valence electrons. The average molecular weight is 400 g/mol. The lowest BCUT2D eigenvalue weighted by atomic mass is 10.1. The number of carbonyl (C=O) groups is 1. The van der Waals surface area contributed by atoms with Crippen LogP contribution >= 0.6 is 0 Å². The first kappa shape index (κ1) is 21.2. The predicted molar refractivity (Wildman–Crippen MR) is 116 cm³/mol. The fraction of sp³-hybridized carbons (Fsp3) is 0.545. The SMILES string of the molecule is CN(C)CCn1cc(N2CCN(C(=O)OC(C)(C)C)CC2)c(-c2ccccc2)n1. The van der Waals surface area contributed by atoms with Crippen molar-refractivity contribution in [3.63, 3.8) is 0 Å². The normalized spacial score (nSPS) is 15.1. The minimum Gasteiger partial charge on any atom is -0.444 e. The highest BCUT2D eigenvalue weighted by Crippen LogP contribution is 2.30. The third-order valence-corrected chi connectivity index (χ3v) is 4.84. The Hall–Kier alpha value is -2.54. The molecule has 0 spiro atoms. The largest absolute Gasteiger partial charge is 0.444 e. The van der Waals surface area contributed by atoms with Crippen LogP contribution in [0.5, 0.6) is 0 Å². The third kappa shape index (κ3) is 5.73. The van der Waals surface area contributed by atoms with Crippen LogP contribution in [0.2, 0.25) is 0 Å². The molecule has 2 aromatic rings. The minimum absolute atomic E-state index is 0.234. The molecule has 7 heteroatoms. The van der Waals surface area contributed by atoms with Crippen molar-refractivity contribution in [3.05, 3.63) is 36.5 Å². The second-order valence-electron chi connectivity index (χ2n) is 8.75. The maximum absolute atomic E-state index is 12.4. The van der Waals surface area contributed by atoms with E-state index < -0.39 is 5.60 Å². The Morgan fingerprint density at radius 1 is 1.10 bits per heavy atom. The zero-order valence-electron chi connectivity index (χ0n) is 18.3. The molecule has 7 nitrogen and oxygen atoms in total. The van der Waals surface area contributed by atoms with Gasteiger partial charge in [0, 0.05) is 44.5 Å². The number of likely N-dealkylation sites (N-methyl/N-ethyl adjacent to an activating group) is 1. The molecule has 0 aliphatic carbocycles. The van der Waals surface area contributed by atoms with Gasteiger partial charge in [0.25, 0.3) is 0 Å². The lowest BCUT2D eigenvalue weighted by Gasteiger charge is -2.36. The Morgan fingerprint density at radius 3 is 2.34 bits per heavy atom. The summed E-state index contributed by atoms with van der Waals surface area (Å²) in [6, 6.07) is 10.3. The standard InChI is InChI=1S/C22H33N5O2/c1-22(2,3)29-21(28)26-14-12-25(13-15-26)19-17-27(16-11-24(4)5)23-20(19)18-9-7-6-8-10-18/h6-10,17H,11-16H2,1-5H3. The van der Waals surface area contributed by atoms with Crippen LogP contribution in [0.15, 0.2) is 36.5 Å². The highest BCUT2D eigenvalue weighted by Gasteiger charge is 2.27. The summed E-state index contributed by atoms with van der Waals surface area (Å²) < 4.78 is 7.54. The quantitative estimate of drug-likeness (QED) is 0.773. The number of carbonyl (C=O) groups excluding carboxylic acids is 1. The topological polar surface area (TPSA) is 53.8 Å². The van der Waals surface area contributed by atoms with E-state index in [9.17, 15) is 4.79 Å². The minimum atomic E-state index is -0.470. The van der Waals surface area contributed by atoms with Crippen molar-refractivity contribution < 1.29 is 9.53 Å². The van der Waals surface area contributed by atoms with Crippen molar-refractivity contribution in [2.24, 2.45) is 0 Å². The first-order valence-electron chi connectivity index (χ1n) is 10.2. The summed E-state index contributed by atoms with van der Waals surface area (Å²) in [5.74, 6) is 0. The van der Waals surface area contributed by atoms with E-state index in [0.29, 0.717) is 13.1 Å². The maximum Gasteiger partial charge on any atom is 0.410 e. The van der Waals surface area contributed by atoms with E-state index in [1.54, 1.807) is 4.90 Å². The Morgan fingerprint density at radius 2 is 1.76 bits per heavy atom. The van der Waals surface area contributed by atoms with Crippen molar-refractivity contribution in [2.75, 3.05) is 51.7 Å². The lowest BCUT2D eigenvalue weighted by molar-refractivity contribution is 0.0240. The Bertz CT molecular complexity index is 802. The predicted octanol–water partition coefficient (Wildman–Crippen LogP) is 3.17. The molecular weight excluding hydrogens is 366 g/mol. The number of piperazine rings is 1. The number of hydrogen-bond acceptors (Lipinski definition) is 5. The van der Waals surface area contributed by atoms with E-state index >= 15 is 0 Å². The smallest absolute Gasteiger partial charge is 0.410 e. The summed E-state index contributed by atoms with van der Waals surface area (Å²) in [7, 11) is 4.14. The molecule has 1 fully saturated rings. The molecule has 0 bridgehead atoms. The Labute approximate surface area is 173 Å². The van der Waals surface area contributed by atoms with Crippen molar-refractivity contribution in [3.8, 4) is 11.3 Å². The van der Waals surface area contributed by atoms with Crippen molar-refractivity contribution >= 4 is 11.8 Å². The molecule has 0 N–H and O–H groups in total. The molecular formula is C22H33N5O2. The van der Waals surface area contributed by atoms with E-state index in [1.165, 1.54) is 0 Å². The van der Waals surface area contributed by atoms with Crippen molar-refractivity contribution in [1.29, 1.82) is 0 Å². The van der Waals surface area contributed by atoms with Crippen LogP contribution in [-0.2, 0) is 11.3 Å². The number of anilines is 1. The van der Waals surface area contributed by atoms with Gasteiger partial charge in [-0.3, -0.25) is 4.68 Å². The first-order chi connectivity index (χ1) is 13.7. The van der Waals surface area contributed by atoms with Gasteiger partial charge in [0.15, 0.2) is 0 Å². The van der Waals surface area contributed by atoms with Crippen LogP contribution in [0, 0.1) is 0 Å². The lowest BCUT2D eigenvalue weighted by Crippen LogP contribution is -2.50. The van der Waals surface area contributed by atoms with Crippen molar-refractivity contribution in [2.45, 2.75) is 32.9 Å². The Kier molecular flexibility index (Phi) is 6.47. The van der Waals surface area contributed by atoms with Crippen LogP contribution in [-0.4, -0.2) is 78.1 Å². The van der Waals surface area contributed by atoms with E-state index in [0.717, 1.165) is 43.1 Å².